The van der Waals surface area contributed by atoms with E-state index in [9.17, 15) is 14.7 Å². The van der Waals surface area contributed by atoms with Gasteiger partial charge < -0.3 is 15.2 Å². The van der Waals surface area contributed by atoms with Gasteiger partial charge in [0.25, 0.3) is 0 Å². The SMILES string of the molecule is C/C(C(=O)O)=C(\[C@H](Cc1ccccc1)NC(=O)OC(C)(C)C)[C@@H]1C[C@H](C)CC[C@H]1C(C)C. The van der Waals surface area contributed by atoms with Crippen LogP contribution in [0.15, 0.2) is 41.5 Å². The highest BCUT2D eigenvalue weighted by molar-refractivity contribution is 5.87. The molecule has 0 bridgehead atoms. The van der Waals surface area contributed by atoms with Crippen LogP contribution in [-0.4, -0.2) is 28.8 Å². The van der Waals surface area contributed by atoms with Gasteiger partial charge in [-0.1, -0.05) is 57.5 Å². The van der Waals surface area contributed by atoms with E-state index in [1.807, 2.05) is 51.1 Å². The Morgan fingerprint density at radius 2 is 1.78 bits per heavy atom. The summed E-state index contributed by atoms with van der Waals surface area (Å²) in [4.78, 5) is 25.0. The number of rotatable bonds is 7. The fourth-order valence-corrected chi connectivity index (χ4v) is 5.02. The molecule has 1 aliphatic carbocycles. The van der Waals surface area contributed by atoms with Crippen molar-refractivity contribution >= 4 is 12.1 Å². The first-order valence-corrected chi connectivity index (χ1v) is 11.9. The lowest BCUT2D eigenvalue weighted by atomic mass is 9.65. The van der Waals surface area contributed by atoms with Crippen molar-refractivity contribution in [1.82, 2.24) is 5.32 Å². The summed E-state index contributed by atoms with van der Waals surface area (Å²) in [6.07, 6.45) is 3.17. The zero-order valence-corrected chi connectivity index (χ0v) is 20.8. The molecule has 178 valence electrons. The Kier molecular flexibility index (Phi) is 8.94. The van der Waals surface area contributed by atoms with Gasteiger partial charge in [-0.05, 0) is 81.8 Å². The number of amides is 1. The van der Waals surface area contributed by atoms with E-state index in [1.165, 1.54) is 0 Å². The summed E-state index contributed by atoms with van der Waals surface area (Å²) in [5, 5.41) is 13.1. The summed E-state index contributed by atoms with van der Waals surface area (Å²) >= 11 is 0. The van der Waals surface area contributed by atoms with Gasteiger partial charge in [0.2, 0.25) is 0 Å². The van der Waals surface area contributed by atoms with E-state index in [4.69, 9.17) is 4.74 Å². The van der Waals surface area contributed by atoms with Gasteiger partial charge >= 0.3 is 12.1 Å². The van der Waals surface area contributed by atoms with E-state index < -0.39 is 23.7 Å². The third kappa shape index (κ3) is 7.39. The average molecular weight is 444 g/mol. The molecule has 2 rings (SSSR count). The third-order valence-electron chi connectivity index (χ3n) is 6.52. The minimum atomic E-state index is -0.926. The van der Waals surface area contributed by atoms with Gasteiger partial charge in [0.05, 0.1) is 6.04 Å². The smallest absolute Gasteiger partial charge is 0.408 e. The van der Waals surface area contributed by atoms with E-state index in [-0.39, 0.29) is 5.92 Å². The molecule has 0 saturated heterocycles. The predicted molar refractivity (Wildman–Crippen MR) is 128 cm³/mol. The van der Waals surface area contributed by atoms with Crippen molar-refractivity contribution in [3.05, 3.63) is 47.0 Å². The maximum Gasteiger partial charge on any atom is 0.408 e. The monoisotopic (exact) mass is 443 g/mol. The molecule has 32 heavy (non-hydrogen) atoms. The van der Waals surface area contributed by atoms with Crippen LogP contribution < -0.4 is 5.32 Å². The lowest BCUT2D eigenvalue weighted by Gasteiger charge is -2.42. The minimum absolute atomic E-state index is 0.110. The van der Waals surface area contributed by atoms with Crippen LogP contribution in [-0.2, 0) is 16.0 Å². The predicted octanol–water partition coefficient (Wildman–Crippen LogP) is 6.23. The number of carboxylic acid groups (broad SMARTS) is 1. The molecular formula is C27H41NO4. The van der Waals surface area contributed by atoms with Crippen molar-refractivity contribution in [2.24, 2.45) is 23.7 Å². The van der Waals surface area contributed by atoms with E-state index in [2.05, 4.69) is 26.1 Å². The van der Waals surface area contributed by atoms with Crippen LogP contribution in [0.3, 0.4) is 0 Å². The highest BCUT2D eigenvalue weighted by Gasteiger charge is 2.38. The maximum atomic E-state index is 12.8. The number of hydrogen-bond donors (Lipinski definition) is 2. The third-order valence-corrected chi connectivity index (χ3v) is 6.52. The summed E-state index contributed by atoms with van der Waals surface area (Å²) in [7, 11) is 0. The van der Waals surface area contributed by atoms with Gasteiger partial charge in [-0.2, -0.15) is 0 Å². The summed E-state index contributed by atoms with van der Waals surface area (Å²) < 4.78 is 5.56. The normalized spacial score (nSPS) is 23.3. The molecule has 0 spiro atoms. The van der Waals surface area contributed by atoms with Crippen molar-refractivity contribution in [3.63, 3.8) is 0 Å². The molecule has 1 aromatic rings. The average Bonchev–Trinajstić information content (AvgIpc) is 2.67. The molecule has 1 amide bonds. The Bertz CT molecular complexity index is 807. The summed E-state index contributed by atoms with van der Waals surface area (Å²) in [5.41, 5.74) is 1.60. The van der Waals surface area contributed by atoms with Crippen LogP contribution in [0.1, 0.15) is 73.3 Å². The zero-order valence-electron chi connectivity index (χ0n) is 20.8. The molecule has 5 nitrogen and oxygen atoms in total. The van der Waals surface area contributed by atoms with Crippen LogP contribution in [0.5, 0.6) is 0 Å². The lowest BCUT2D eigenvalue weighted by molar-refractivity contribution is -0.132. The molecule has 4 atom stereocenters. The topological polar surface area (TPSA) is 75.6 Å². The largest absolute Gasteiger partial charge is 0.478 e. The number of alkyl carbamates (subject to hydrolysis) is 1. The molecule has 5 heteroatoms. The highest BCUT2D eigenvalue weighted by Crippen LogP contribution is 2.44. The molecule has 1 fully saturated rings. The Morgan fingerprint density at radius 3 is 2.31 bits per heavy atom. The van der Waals surface area contributed by atoms with E-state index in [1.54, 1.807) is 6.92 Å². The van der Waals surface area contributed by atoms with Crippen molar-refractivity contribution in [1.29, 1.82) is 0 Å². The van der Waals surface area contributed by atoms with Gasteiger partial charge in [0.1, 0.15) is 5.60 Å². The van der Waals surface area contributed by atoms with E-state index in [0.717, 1.165) is 30.4 Å². The van der Waals surface area contributed by atoms with E-state index >= 15 is 0 Å². The number of aliphatic carboxylic acids is 1. The maximum absolute atomic E-state index is 12.8. The molecule has 1 saturated carbocycles. The summed E-state index contributed by atoms with van der Waals surface area (Å²) in [6, 6.07) is 9.47. The van der Waals surface area contributed by atoms with Crippen molar-refractivity contribution in [2.45, 2.75) is 85.8 Å². The number of ether oxygens (including phenoxy) is 1. The zero-order chi connectivity index (χ0) is 24.1. The Morgan fingerprint density at radius 1 is 1.16 bits per heavy atom. The van der Waals surface area contributed by atoms with Crippen molar-refractivity contribution in [2.75, 3.05) is 0 Å². The van der Waals surface area contributed by atoms with Crippen LogP contribution in [0.4, 0.5) is 4.79 Å². The van der Waals surface area contributed by atoms with Gasteiger partial charge in [-0.25, -0.2) is 9.59 Å². The second-order valence-corrected chi connectivity index (χ2v) is 10.7. The quantitative estimate of drug-likeness (QED) is 0.490. The molecule has 0 unspecified atom stereocenters. The first kappa shape index (κ1) is 26.0. The van der Waals surface area contributed by atoms with Crippen molar-refractivity contribution < 1.29 is 19.4 Å². The van der Waals surface area contributed by atoms with Crippen LogP contribution in [0, 0.1) is 23.7 Å². The van der Waals surface area contributed by atoms with Gasteiger partial charge in [-0.15, -0.1) is 0 Å². The number of carbonyl (C=O) groups excluding carboxylic acids is 1. The Labute approximate surface area is 193 Å². The molecule has 1 aromatic carbocycles. The number of hydrogen-bond acceptors (Lipinski definition) is 3. The first-order chi connectivity index (χ1) is 14.9. The van der Waals surface area contributed by atoms with Gasteiger partial charge in [-0.3, -0.25) is 0 Å². The number of benzene rings is 1. The molecule has 0 heterocycles. The summed E-state index contributed by atoms with van der Waals surface area (Å²) in [5.74, 6) is 0.519. The first-order valence-electron chi connectivity index (χ1n) is 11.9. The number of carboxylic acids is 1. The lowest BCUT2D eigenvalue weighted by Crippen LogP contribution is -2.45. The molecular weight excluding hydrogens is 402 g/mol. The van der Waals surface area contributed by atoms with E-state index in [0.29, 0.717) is 29.7 Å². The van der Waals surface area contributed by atoms with Gasteiger partial charge in [0.15, 0.2) is 0 Å². The summed E-state index contributed by atoms with van der Waals surface area (Å²) in [6.45, 7) is 13.8. The number of nitrogens with one attached hydrogen (secondary N) is 1. The molecule has 0 radical (unpaired) electrons. The van der Waals surface area contributed by atoms with Crippen molar-refractivity contribution in [3.8, 4) is 0 Å². The van der Waals surface area contributed by atoms with Crippen LogP contribution in [0.25, 0.3) is 0 Å². The second kappa shape index (κ2) is 11.0. The highest BCUT2D eigenvalue weighted by atomic mass is 16.6. The van der Waals surface area contributed by atoms with Crippen LogP contribution >= 0.6 is 0 Å². The fourth-order valence-electron chi connectivity index (χ4n) is 5.02. The Balaban J connectivity index is 2.54. The molecule has 0 aliphatic heterocycles. The second-order valence-electron chi connectivity index (χ2n) is 10.7. The molecule has 2 N–H and O–H groups in total. The molecule has 1 aliphatic rings. The molecule has 0 aromatic heterocycles. The van der Waals surface area contributed by atoms with Gasteiger partial charge in [0, 0.05) is 5.57 Å². The number of carbonyl (C=O) groups is 2. The van der Waals surface area contributed by atoms with Crippen LogP contribution in [0.2, 0.25) is 0 Å². The minimum Gasteiger partial charge on any atom is -0.478 e. The standard InChI is InChI=1S/C27H41NO4/c1-17(2)21-14-13-18(3)15-22(21)24(19(4)25(29)30)23(16-20-11-9-8-10-12-20)28-26(31)32-27(5,6)7/h8-12,17-18,21-23H,13-16H2,1-7H3,(H,28,31)(H,29,30)/b24-19+/t18-,21+,22-,23+/m1/s1. The Hall–Kier alpha value is -2.30. The fraction of sp³-hybridized carbons (Fsp3) is 0.630.